The Morgan fingerprint density at radius 2 is 2.28 bits per heavy atom. The van der Waals surface area contributed by atoms with Crippen molar-refractivity contribution >= 4 is 17.7 Å². The summed E-state index contributed by atoms with van der Waals surface area (Å²) in [4.78, 5) is 12.8. The first-order chi connectivity index (χ1) is 8.79. The highest BCUT2D eigenvalue weighted by Gasteiger charge is 2.21. The van der Waals surface area contributed by atoms with Crippen LogP contribution in [0.15, 0.2) is 29.2 Å². The lowest BCUT2D eigenvalue weighted by Gasteiger charge is -2.10. The molecule has 1 amide bonds. The van der Waals surface area contributed by atoms with Crippen LogP contribution < -0.4 is 10.6 Å². The minimum absolute atomic E-state index is 0.0948. The van der Waals surface area contributed by atoms with Gasteiger partial charge in [-0.15, -0.1) is 11.8 Å². The molecule has 0 saturated heterocycles. The van der Waals surface area contributed by atoms with Crippen LogP contribution in [0.25, 0.3) is 0 Å². The van der Waals surface area contributed by atoms with Crippen molar-refractivity contribution in [1.82, 2.24) is 10.6 Å². The zero-order valence-electron chi connectivity index (χ0n) is 10.7. The number of carbonyl (C=O) groups is 1. The summed E-state index contributed by atoms with van der Waals surface area (Å²) in [5, 5.41) is 6.66. The van der Waals surface area contributed by atoms with Crippen molar-refractivity contribution in [2.45, 2.75) is 29.9 Å². The van der Waals surface area contributed by atoms with Crippen LogP contribution >= 0.6 is 11.8 Å². The summed E-state index contributed by atoms with van der Waals surface area (Å²) in [6.07, 6.45) is 2.09. The Hall–Kier alpha value is -1.00. The van der Waals surface area contributed by atoms with E-state index in [1.54, 1.807) is 0 Å². The SMILES string of the molecule is CCCNC(=O)CNCC1Cc2ccccc2S1. The minimum atomic E-state index is 0.0948. The molecule has 2 N–H and O–H groups in total. The minimum Gasteiger partial charge on any atom is -0.355 e. The largest absolute Gasteiger partial charge is 0.355 e. The van der Waals surface area contributed by atoms with Crippen LogP contribution in [0.3, 0.4) is 0 Å². The van der Waals surface area contributed by atoms with Crippen molar-refractivity contribution in [3.05, 3.63) is 29.8 Å². The van der Waals surface area contributed by atoms with Gasteiger partial charge in [-0.2, -0.15) is 0 Å². The summed E-state index contributed by atoms with van der Waals surface area (Å²) < 4.78 is 0. The van der Waals surface area contributed by atoms with Crippen LogP contribution in [-0.4, -0.2) is 30.8 Å². The molecule has 2 rings (SSSR count). The highest BCUT2D eigenvalue weighted by molar-refractivity contribution is 8.00. The number of nitrogens with one attached hydrogen (secondary N) is 2. The van der Waals surface area contributed by atoms with E-state index in [0.29, 0.717) is 11.8 Å². The maximum absolute atomic E-state index is 11.4. The summed E-state index contributed by atoms with van der Waals surface area (Å²) in [6, 6.07) is 8.54. The summed E-state index contributed by atoms with van der Waals surface area (Å²) >= 11 is 1.91. The molecule has 0 fully saturated rings. The third-order valence-electron chi connectivity index (χ3n) is 2.94. The molecule has 0 saturated carbocycles. The van der Waals surface area contributed by atoms with E-state index in [2.05, 4.69) is 41.8 Å². The molecule has 18 heavy (non-hydrogen) atoms. The van der Waals surface area contributed by atoms with Crippen LogP contribution in [0.4, 0.5) is 0 Å². The van der Waals surface area contributed by atoms with Crippen LogP contribution in [0.5, 0.6) is 0 Å². The molecular weight excluding hydrogens is 244 g/mol. The number of carbonyl (C=O) groups excluding carboxylic acids is 1. The molecule has 0 bridgehead atoms. The Labute approximate surface area is 113 Å². The van der Waals surface area contributed by atoms with Gasteiger partial charge in [0.1, 0.15) is 0 Å². The molecule has 0 aliphatic carbocycles. The molecule has 1 aliphatic heterocycles. The number of benzene rings is 1. The number of rotatable bonds is 6. The summed E-state index contributed by atoms with van der Waals surface area (Å²) in [5.74, 6) is 0.0948. The predicted octanol–water partition coefficient (Wildman–Crippen LogP) is 1.82. The average Bonchev–Trinajstić information content (AvgIpc) is 2.79. The van der Waals surface area contributed by atoms with E-state index in [-0.39, 0.29) is 5.91 Å². The van der Waals surface area contributed by atoms with Crippen molar-refractivity contribution in [3.8, 4) is 0 Å². The second kappa shape index (κ2) is 6.81. The Morgan fingerprint density at radius 1 is 1.44 bits per heavy atom. The Bertz CT molecular complexity index is 384. The van der Waals surface area contributed by atoms with E-state index in [4.69, 9.17) is 0 Å². The molecule has 4 heteroatoms. The van der Waals surface area contributed by atoms with Crippen molar-refractivity contribution in [1.29, 1.82) is 0 Å². The van der Waals surface area contributed by atoms with Gasteiger partial charge >= 0.3 is 0 Å². The predicted molar refractivity (Wildman–Crippen MR) is 76.0 cm³/mol. The number of hydrogen-bond acceptors (Lipinski definition) is 3. The van der Waals surface area contributed by atoms with Gasteiger partial charge < -0.3 is 10.6 Å². The number of hydrogen-bond donors (Lipinski definition) is 2. The fourth-order valence-corrected chi connectivity index (χ4v) is 3.32. The van der Waals surface area contributed by atoms with Gasteiger partial charge in [-0.25, -0.2) is 0 Å². The quantitative estimate of drug-likeness (QED) is 0.823. The molecule has 0 spiro atoms. The maximum atomic E-state index is 11.4. The third kappa shape index (κ3) is 3.75. The molecule has 1 heterocycles. The van der Waals surface area contributed by atoms with E-state index >= 15 is 0 Å². The van der Waals surface area contributed by atoms with Crippen LogP contribution in [-0.2, 0) is 11.2 Å². The van der Waals surface area contributed by atoms with Gasteiger partial charge in [0, 0.05) is 23.2 Å². The lowest BCUT2D eigenvalue weighted by atomic mass is 10.1. The summed E-state index contributed by atoms with van der Waals surface area (Å²) in [7, 11) is 0. The zero-order valence-corrected chi connectivity index (χ0v) is 11.6. The molecule has 0 radical (unpaired) electrons. The molecule has 3 nitrogen and oxygen atoms in total. The Balaban J connectivity index is 1.66. The second-order valence-electron chi connectivity index (χ2n) is 4.53. The van der Waals surface area contributed by atoms with Gasteiger partial charge in [-0.3, -0.25) is 4.79 Å². The van der Waals surface area contributed by atoms with E-state index in [1.165, 1.54) is 10.5 Å². The fourth-order valence-electron chi connectivity index (χ4n) is 2.04. The van der Waals surface area contributed by atoms with Crippen LogP contribution in [0, 0.1) is 0 Å². The van der Waals surface area contributed by atoms with Gasteiger partial charge in [-0.1, -0.05) is 25.1 Å². The second-order valence-corrected chi connectivity index (χ2v) is 5.87. The molecule has 1 aromatic rings. The van der Waals surface area contributed by atoms with Gasteiger partial charge in [0.05, 0.1) is 6.54 Å². The van der Waals surface area contributed by atoms with Crippen molar-refractivity contribution in [2.75, 3.05) is 19.6 Å². The van der Waals surface area contributed by atoms with E-state index in [1.807, 2.05) is 11.8 Å². The Morgan fingerprint density at radius 3 is 3.06 bits per heavy atom. The molecular formula is C14H20N2OS. The van der Waals surface area contributed by atoms with Gasteiger partial charge in [-0.05, 0) is 24.5 Å². The first kappa shape index (κ1) is 13.4. The van der Waals surface area contributed by atoms with Crippen molar-refractivity contribution in [2.24, 2.45) is 0 Å². The lowest BCUT2D eigenvalue weighted by molar-refractivity contribution is -0.120. The molecule has 0 aromatic heterocycles. The van der Waals surface area contributed by atoms with Crippen molar-refractivity contribution in [3.63, 3.8) is 0 Å². The fraction of sp³-hybridized carbons (Fsp3) is 0.500. The first-order valence-electron chi connectivity index (χ1n) is 6.51. The first-order valence-corrected chi connectivity index (χ1v) is 7.39. The maximum Gasteiger partial charge on any atom is 0.233 e. The molecule has 1 atom stereocenters. The standard InChI is InChI=1S/C14H20N2OS/c1-2-7-16-14(17)10-15-9-12-8-11-5-3-4-6-13(11)18-12/h3-6,12,15H,2,7-10H2,1H3,(H,16,17). The third-order valence-corrected chi connectivity index (χ3v) is 4.26. The molecule has 1 aliphatic rings. The topological polar surface area (TPSA) is 41.1 Å². The van der Waals surface area contributed by atoms with E-state index in [9.17, 15) is 4.79 Å². The monoisotopic (exact) mass is 264 g/mol. The van der Waals surface area contributed by atoms with E-state index in [0.717, 1.165) is 25.9 Å². The summed E-state index contributed by atoms with van der Waals surface area (Å²) in [5.41, 5.74) is 1.43. The van der Waals surface area contributed by atoms with Gasteiger partial charge in [0.15, 0.2) is 0 Å². The molecule has 1 unspecified atom stereocenters. The van der Waals surface area contributed by atoms with Gasteiger partial charge in [0.2, 0.25) is 5.91 Å². The Kier molecular flexibility index (Phi) is 5.08. The average molecular weight is 264 g/mol. The number of thioether (sulfide) groups is 1. The van der Waals surface area contributed by atoms with Crippen LogP contribution in [0.1, 0.15) is 18.9 Å². The van der Waals surface area contributed by atoms with E-state index < -0.39 is 0 Å². The highest BCUT2D eigenvalue weighted by atomic mass is 32.2. The lowest BCUT2D eigenvalue weighted by Crippen LogP contribution is -2.36. The van der Waals surface area contributed by atoms with Gasteiger partial charge in [0.25, 0.3) is 0 Å². The normalized spacial score (nSPS) is 17.5. The number of fused-ring (bicyclic) bond motifs is 1. The highest BCUT2D eigenvalue weighted by Crippen LogP contribution is 2.36. The smallest absolute Gasteiger partial charge is 0.233 e. The number of amides is 1. The molecule has 98 valence electrons. The molecule has 1 aromatic carbocycles. The zero-order chi connectivity index (χ0) is 12.8. The van der Waals surface area contributed by atoms with Crippen LogP contribution in [0.2, 0.25) is 0 Å². The summed E-state index contributed by atoms with van der Waals surface area (Å²) in [6.45, 7) is 4.14. The van der Waals surface area contributed by atoms with Crippen molar-refractivity contribution < 1.29 is 4.79 Å².